The third-order valence-corrected chi connectivity index (χ3v) is 4.29. The van der Waals surface area contributed by atoms with Gasteiger partial charge in [0.05, 0.1) is 20.7 Å². The van der Waals surface area contributed by atoms with Crippen molar-refractivity contribution in [2.45, 2.75) is 19.6 Å². The Hall–Kier alpha value is -1.29. The second kappa shape index (κ2) is 4.06. The number of hydrogen-bond acceptors (Lipinski definition) is 2. The van der Waals surface area contributed by atoms with Gasteiger partial charge in [-0.05, 0) is 23.4 Å². The largest absolute Gasteiger partial charge is 0.497 e. The first kappa shape index (κ1) is 11.8. The number of hydrogen-bond donors (Lipinski definition) is 1. The first-order valence-electron chi connectivity index (χ1n) is 4.78. The number of carboxylic acid groups (broad SMARTS) is 1. The first-order chi connectivity index (χ1) is 6.86. The Labute approximate surface area is 90.7 Å². The van der Waals surface area contributed by atoms with Crippen LogP contribution < -0.4 is 9.92 Å². The quantitative estimate of drug-likeness (QED) is 0.798. The molecule has 0 saturated carbocycles. The monoisotopic (exact) mass is 224 g/mol. The molecule has 0 heterocycles. The molecule has 1 aromatic carbocycles. The van der Waals surface area contributed by atoms with Gasteiger partial charge in [0.25, 0.3) is 0 Å². The number of rotatable bonds is 3. The number of carbonyl (C=O) groups is 1. The van der Waals surface area contributed by atoms with E-state index in [0.29, 0.717) is 5.56 Å². The van der Waals surface area contributed by atoms with Gasteiger partial charge in [0.2, 0.25) is 0 Å². The summed E-state index contributed by atoms with van der Waals surface area (Å²) in [6, 6.07) is 5.15. The Kier molecular flexibility index (Phi) is 3.19. The van der Waals surface area contributed by atoms with Gasteiger partial charge in [0.1, 0.15) is 5.75 Å². The van der Waals surface area contributed by atoms with Gasteiger partial charge in [-0.1, -0.05) is 19.6 Å². The summed E-state index contributed by atoms with van der Waals surface area (Å²) in [7, 11) is -0.0621. The first-order valence-corrected chi connectivity index (χ1v) is 8.28. The van der Waals surface area contributed by atoms with Gasteiger partial charge in [0.15, 0.2) is 0 Å². The van der Waals surface area contributed by atoms with Crippen molar-refractivity contribution in [1.82, 2.24) is 0 Å². The zero-order valence-corrected chi connectivity index (χ0v) is 10.5. The summed E-state index contributed by atoms with van der Waals surface area (Å²) >= 11 is 0. The van der Waals surface area contributed by atoms with Crippen molar-refractivity contribution in [2.75, 3.05) is 7.11 Å². The van der Waals surface area contributed by atoms with E-state index >= 15 is 0 Å². The summed E-state index contributed by atoms with van der Waals surface area (Å²) in [6.45, 7) is 6.36. The number of ether oxygens (including phenoxy) is 1. The van der Waals surface area contributed by atoms with E-state index in [0.717, 1.165) is 10.9 Å². The molecule has 3 nitrogen and oxygen atoms in total. The summed E-state index contributed by atoms with van der Waals surface area (Å²) < 4.78 is 5.11. The topological polar surface area (TPSA) is 46.5 Å². The average Bonchev–Trinajstić information content (AvgIpc) is 2.15. The van der Waals surface area contributed by atoms with Crippen LogP contribution in [-0.2, 0) is 0 Å². The van der Waals surface area contributed by atoms with Crippen LogP contribution in [0, 0.1) is 0 Å². The van der Waals surface area contributed by atoms with Gasteiger partial charge < -0.3 is 9.84 Å². The second-order valence-electron chi connectivity index (χ2n) is 4.47. The predicted molar refractivity (Wildman–Crippen MR) is 62.9 cm³/mol. The third kappa shape index (κ3) is 2.59. The fraction of sp³-hybridized carbons (Fsp3) is 0.364. The minimum Gasteiger partial charge on any atom is -0.497 e. The molecule has 0 amide bonds. The van der Waals surface area contributed by atoms with Crippen LogP contribution in [0.4, 0.5) is 0 Å². The standard InChI is InChI=1S/C11H16O3Si/c1-14-8-5-6-9(11(12)13)10(7-8)15(2,3)4/h5-7H,1-4H3,(H,12,13). The molecule has 0 saturated heterocycles. The zero-order valence-electron chi connectivity index (χ0n) is 9.50. The Morgan fingerprint density at radius 3 is 2.33 bits per heavy atom. The highest BCUT2D eigenvalue weighted by molar-refractivity contribution is 6.89. The minimum atomic E-state index is -1.65. The van der Waals surface area contributed by atoms with E-state index in [-0.39, 0.29) is 0 Å². The molecule has 82 valence electrons. The van der Waals surface area contributed by atoms with E-state index < -0.39 is 14.0 Å². The SMILES string of the molecule is COc1ccc(C(=O)O)c([Si](C)(C)C)c1. The van der Waals surface area contributed by atoms with Crippen LogP contribution in [-0.4, -0.2) is 26.3 Å². The lowest BCUT2D eigenvalue weighted by Gasteiger charge is -2.19. The Balaban J connectivity index is 3.36. The fourth-order valence-corrected chi connectivity index (χ4v) is 3.03. The molecular weight excluding hydrogens is 208 g/mol. The van der Waals surface area contributed by atoms with Crippen LogP contribution in [0.5, 0.6) is 5.75 Å². The highest BCUT2D eigenvalue weighted by atomic mass is 28.3. The van der Waals surface area contributed by atoms with Gasteiger partial charge in [0, 0.05) is 0 Å². The number of methoxy groups -OCH3 is 1. The molecule has 1 aromatic rings. The van der Waals surface area contributed by atoms with Crippen molar-refractivity contribution in [1.29, 1.82) is 0 Å². The summed E-state index contributed by atoms with van der Waals surface area (Å²) in [5, 5.41) is 10.00. The normalized spacial score (nSPS) is 11.2. The maximum atomic E-state index is 11.0. The van der Waals surface area contributed by atoms with E-state index in [4.69, 9.17) is 9.84 Å². The molecule has 15 heavy (non-hydrogen) atoms. The van der Waals surface area contributed by atoms with E-state index in [2.05, 4.69) is 19.6 Å². The van der Waals surface area contributed by atoms with Crippen molar-refractivity contribution in [3.05, 3.63) is 23.8 Å². The molecule has 0 aliphatic rings. The predicted octanol–water partition coefficient (Wildman–Crippen LogP) is 1.94. The van der Waals surface area contributed by atoms with Crippen molar-refractivity contribution in [2.24, 2.45) is 0 Å². The van der Waals surface area contributed by atoms with Gasteiger partial charge in [-0.3, -0.25) is 0 Å². The van der Waals surface area contributed by atoms with Gasteiger partial charge in [-0.15, -0.1) is 0 Å². The van der Waals surface area contributed by atoms with Crippen LogP contribution in [0.2, 0.25) is 19.6 Å². The van der Waals surface area contributed by atoms with Crippen LogP contribution >= 0.6 is 0 Å². The smallest absolute Gasteiger partial charge is 0.335 e. The summed E-state index contributed by atoms with van der Waals surface area (Å²) in [4.78, 5) is 11.0. The fourth-order valence-electron chi connectivity index (χ4n) is 1.46. The lowest BCUT2D eigenvalue weighted by atomic mass is 10.2. The molecule has 1 rings (SSSR count). The van der Waals surface area contributed by atoms with E-state index in [1.807, 2.05) is 6.07 Å². The van der Waals surface area contributed by atoms with Crippen LogP contribution in [0.3, 0.4) is 0 Å². The van der Waals surface area contributed by atoms with Crippen LogP contribution in [0.25, 0.3) is 0 Å². The maximum absolute atomic E-state index is 11.0. The van der Waals surface area contributed by atoms with Gasteiger partial charge in [-0.2, -0.15) is 0 Å². The zero-order chi connectivity index (χ0) is 11.6. The molecule has 0 aliphatic heterocycles. The number of benzene rings is 1. The molecule has 0 unspecified atom stereocenters. The Morgan fingerprint density at radius 1 is 1.33 bits per heavy atom. The van der Waals surface area contributed by atoms with Crippen molar-refractivity contribution in [3.8, 4) is 5.75 Å². The lowest BCUT2D eigenvalue weighted by molar-refractivity contribution is 0.0698. The minimum absolute atomic E-state index is 0.398. The molecule has 0 bridgehead atoms. The number of carboxylic acids is 1. The Morgan fingerprint density at radius 2 is 1.93 bits per heavy atom. The van der Waals surface area contributed by atoms with E-state index in [1.165, 1.54) is 0 Å². The molecule has 0 aromatic heterocycles. The molecule has 4 heteroatoms. The van der Waals surface area contributed by atoms with Crippen molar-refractivity contribution < 1.29 is 14.6 Å². The second-order valence-corrected chi connectivity index (χ2v) is 9.51. The summed E-state index contributed by atoms with van der Waals surface area (Å²) in [6.07, 6.45) is 0. The molecule has 0 atom stereocenters. The van der Waals surface area contributed by atoms with Gasteiger partial charge >= 0.3 is 5.97 Å². The van der Waals surface area contributed by atoms with Crippen molar-refractivity contribution >= 4 is 19.2 Å². The summed E-state index contributed by atoms with van der Waals surface area (Å²) in [5.41, 5.74) is 0.398. The molecule has 1 N–H and O–H groups in total. The molecule has 0 spiro atoms. The highest BCUT2D eigenvalue weighted by Crippen LogP contribution is 2.14. The third-order valence-electron chi connectivity index (χ3n) is 2.27. The van der Waals surface area contributed by atoms with Gasteiger partial charge in [-0.25, -0.2) is 4.79 Å². The van der Waals surface area contributed by atoms with E-state index in [1.54, 1.807) is 19.2 Å². The average molecular weight is 224 g/mol. The van der Waals surface area contributed by atoms with E-state index in [9.17, 15) is 4.79 Å². The highest BCUT2D eigenvalue weighted by Gasteiger charge is 2.23. The lowest BCUT2D eigenvalue weighted by Crippen LogP contribution is -2.41. The summed E-state index contributed by atoms with van der Waals surface area (Å²) in [5.74, 6) is -0.146. The Bertz CT molecular complexity index is 380. The molecule has 0 radical (unpaired) electrons. The number of aromatic carboxylic acids is 1. The van der Waals surface area contributed by atoms with Crippen LogP contribution in [0.1, 0.15) is 10.4 Å². The van der Waals surface area contributed by atoms with Crippen LogP contribution in [0.15, 0.2) is 18.2 Å². The molecule has 0 fully saturated rings. The molecular formula is C11H16O3Si. The maximum Gasteiger partial charge on any atom is 0.335 e. The molecule has 0 aliphatic carbocycles. The van der Waals surface area contributed by atoms with Crippen molar-refractivity contribution in [3.63, 3.8) is 0 Å².